The van der Waals surface area contributed by atoms with Gasteiger partial charge in [0.25, 0.3) is 0 Å². The summed E-state index contributed by atoms with van der Waals surface area (Å²) in [7, 11) is -3.85. The Morgan fingerprint density at radius 1 is 1.33 bits per heavy atom. The number of anilines is 1. The van der Waals surface area contributed by atoms with E-state index in [0.29, 0.717) is 5.56 Å². The average molecular weight is 363 g/mol. The Morgan fingerprint density at radius 3 is 2.75 bits per heavy atom. The fourth-order valence-electron chi connectivity index (χ4n) is 2.17. The van der Waals surface area contributed by atoms with Crippen molar-refractivity contribution >= 4 is 32.9 Å². The van der Waals surface area contributed by atoms with Crippen LogP contribution in [0.2, 0.25) is 0 Å². The zero-order chi connectivity index (χ0) is 17.2. The van der Waals surface area contributed by atoms with Crippen LogP contribution in [0.3, 0.4) is 0 Å². The lowest BCUT2D eigenvalue weighted by atomic mass is 10.2. The largest absolute Gasteiger partial charge is 0.351 e. The number of thiazole rings is 1. The summed E-state index contributed by atoms with van der Waals surface area (Å²) >= 11 is 1.01. The molecule has 0 saturated heterocycles. The van der Waals surface area contributed by atoms with Gasteiger partial charge in [0.15, 0.2) is 0 Å². The molecule has 0 atom stereocenters. The Morgan fingerprint density at radius 2 is 2.12 bits per heavy atom. The van der Waals surface area contributed by atoms with Crippen LogP contribution in [-0.2, 0) is 16.4 Å². The van der Waals surface area contributed by atoms with E-state index in [4.69, 9.17) is 5.73 Å². The number of aromatic amines is 1. The molecular formula is C14H13N5O3S2. The molecule has 3 N–H and O–H groups in total. The van der Waals surface area contributed by atoms with Gasteiger partial charge in [-0.05, 0) is 12.1 Å². The Labute approximate surface area is 141 Å². The summed E-state index contributed by atoms with van der Waals surface area (Å²) in [6.07, 6.45) is 4.55. The molecule has 0 radical (unpaired) electrons. The zero-order valence-corrected chi connectivity index (χ0v) is 13.9. The molecular weight excluding hydrogens is 350 g/mol. The molecule has 0 aliphatic rings. The highest BCUT2D eigenvalue weighted by Gasteiger charge is 2.27. The van der Waals surface area contributed by atoms with Gasteiger partial charge in [-0.15, -0.1) is 11.3 Å². The van der Waals surface area contributed by atoms with E-state index < -0.39 is 15.9 Å². The van der Waals surface area contributed by atoms with Crippen LogP contribution in [0, 0.1) is 0 Å². The van der Waals surface area contributed by atoms with Crippen LogP contribution in [0.1, 0.15) is 5.56 Å². The minimum Gasteiger partial charge on any atom is -0.351 e. The van der Waals surface area contributed by atoms with E-state index in [1.807, 2.05) is 0 Å². The zero-order valence-electron chi connectivity index (χ0n) is 12.3. The molecule has 3 rings (SSSR count). The van der Waals surface area contributed by atoms with E-state index in [-0.39, 0.29) is 21.5 Å². The van der Waals surface area contributed by atoms with Crippen molar-refractivity contribution in [3.63, 3.8) is 0 Å². The van der Waals surface area contributed by atoms with Gasteiger partial charge in [-0.1, -0.05) is 12.1 Å². The molecule has 0 bridgehead atoms. The third kappa shape index (κ3) is 3.01. The number of para-hydroxylation sites is 1. The van der Waals surface area contributed by atoms with Gasteiger partial charge >= 0.3 is 6.03 Å². The molecule has 2 amide bonds. The molecule has 0 aliphatic heterocycles. The molecule has 0 saturated carbocycles. The van der Waals surface area contributed by atoms with Crippen LogP contribution in [0.5, 0.6) is 0 Å². The number of amides is 2. The van der Waals surface area contributed by atoms with E-state index in [1.165, 1.54) is 29.4 Å². The number of nitrogens with two attached hydrogens (primary N) is 1. The molecule has 2 aromatic heterocycles. The summed E-state index contributed by atoms with van der Waals surface area (Å²) in [5, 5.41) is 8.02. The Kier molecular flexibility index (Phi) is 4.32. The minimum atomic E-state index is -3.85. The average Bonchev–Trinajstić information content (AvgIpc) is 3.26. The highest BCUT2D eigenvalue weighted by atomic mass is 32.2. The first-order valence-corrected chi connectivity index (χ1v) is 9.14. The number of nitrogens with zero attached hydrogens (tertiary/aromatic N) is 3. The van der Waals surface area contributed by atoms with Crippen LogP contribution in [-0.4, -0.2) is 29.6 Å². The molecule has 8 nitrogen and oxygen atoms in total. The van der Waals surface area contributed by atoms with Gasteiger partial charge in [0, 0.05) is 23.3 Å². The maximum Gasteiger partial charge on any atom is 0.319 e. The van der Waals surface area contributed by atoms with Crippen molar-refractivity contribution in [2.45, 2.75) is 15.8 Å². The quantitative estimate of drug-likeness (QED) is 0.715. The number of nitrogens with one attached hydrogen (secondary N) is 1. The molecule has 0 aliphatic carbocycles. The van der Waals surface area contributed by atoms with E-state index in [1.54, 1.807) is 23.7 Å². The maximum absolute atomic E-state index is 12.8. The van der Waals surface area contributed by atoms with E-state index >= 15 is 0 Å². The van der Waals surface area contributed by atoms with Gasteiger partial charge in [0.2, 0.25) is 14.2 Å². The van der Waals surface area contributed by atoms with Crippen molar-refractivity contribution in [1.29, 1.82) is 0 Å². The molecule has 10 heteroatoms. The number of primary amides is 1. The first-order valence-electron chi connectivity index (χ1n) is 6.78. The van der Waals surface area contributed by atoms with E-state index in [0.717, 1.165) is 11.3 Å². The second-order valence-electron chi connectivity index (χ2n) is 4.80. The second-order valence-corrected chi connectivity index (χ2v) is 7.79. The van der Waals surface area contributed by atoms with Crippen LogP contribution in [0.15, 0.2) is 57.5 Å². The van der Waals surface area contributed by atoms with Crippen molar-refractivity contribution < 1.29 is 13.2 Å². The fraction of sp³-hybridized carbons (Fsp3) is 0.0714. The summed E-state index contributed by atoms with van der Waals surface area (Å²) < 4.78 is 25.6. The van der Waals surface area contributed by atoms with Gasteiger partial charge in [-0.2, -0.15) is 5.10 Å². The first kappa shape index (κ1) is 16.1. The summed E-state index contributed by atoms with van der Waals surface area (Å²) in [6.45, 7) is 0.0935. The third-order valence-electron chi connectivity index (χ3n) is 3.25. The summed E-state index contributed by atoms with van der Waals surface area (Å²) in [5.41, 5.74) is 6.35. The SMILES string of the molecule is NC(=O)N(Cc1cn[nH]c1)c1ccccc1S(=O)(=O)c1nccs1. The molecule has 1 aromatic carbocycles. The van der Waals surface area contributed by atoms with Gasteiger partial charge in [0.1, 0.15) is 0 Å². The van der Waals surface area contributed by atoms with Crippen molar-refractivity contribution in [1.82, 2.24) is 15.2 Å². The standard InChI is InChI=1S/C14H13N5O3S2/c15-13(20)19(9-10-7-17-18-8-10)11-3-1-2-4-12(11)24(21,22)14-16-5-6-23-14/h1-8H,9H2,(H2,15,20)(H,17,18). The lowest BCUT2D eigenvalue weighted by Crippen LogP contribution is -2.36. The number of hydrogen-bond acceptors (Lipinski definition) is 6. The Hall–Kier alpha value is -2.72. The maximum atomic E-state index is 12.8. The van der Waals surface area contributed by atoms with Gasteiger partial charge < -0.3 is 5.73 Å². The number of benzene rings is 1. The number of sulfone groups is 1. The monoisotopic (exact) mass is 363 g/mol. The number of rotatable bonds is 5. The fourth-order valence-corrected chi connectivity index (χ4v) is 4.57. The molecule has 0 fully saturated rings. The summed E-state index contributed by atoms with van der Waals surface area (Å²) in [5.74, 6) is 0. The number of hydrogen-bond donors (Lipinski definition) is 2. The summed E-state index contributed by atoms with van der Waals surface area (Å²) in [6, 6.07) is 5.42. The number of urea groups is 1. The van der Waals surface area contributed by atoms with Crippen LogP contribution in [0.4, 0.5) is 10.5 Å². The van der Waals surface area contributed by atoms with Gasteiger partial charge in [-0.3, -0.25) is 10.00 Å². The number of carbonyl (C=O) groups excluding carboxylic acids is 1. The first-order chi connectivity index (χ1) is 11.5. The Balaban J connectivity index is 2.09. The second kappa shape index (κ2) is 6.42. The van der Waals surface area contributed by atoms with Crippen molar-refractivity contribution in [2.24, 2.45) is 5.73 Å². The number of carbonyl (C=O) groups is 1. The number of aromatic nitrogens is 3. The van der Waals surface area contributed by atoms with Crippen molar-refractivity contribution in [2.75, 3.05) is 4.90 Å². The number of H-pyrrole nitrogens is 1. The smallest absolute Gasteiger partial charge is 0.319 e. The van der Waals surface area contributed by atoms with E-state index in [9.17, 15) is 13.2 Å². The third-order valence-corrected chi connectivity index (χ3v) is 6.25. The molecule has 24 heavy (non-hydrogen) atoms. The van der Waals surface area contributed by atoms with Crippen LogP contribution < -0.4 is 10.6 Å². The van der Waals surface area contributed by atoms with Crippen LogP contribution >= 0.6 is 11.3 Å². The highest BCUT2D eigenvalue weighted by molar-refractivity contribution is 7.93. The van der Waals surface area contributed by atoms with E-state index in [2.05, 4.69) is 15.2 Å². The van der Waals surface area contributed by atoms with Crippen molar-refractivity contribution in [3.8, 4) is 0 Å². The lowest BCUT2D eigenvalue weighted by molar-refractivity contribution is 0.253. The molecule has 0 spiro atoms. The predicted octanol–water partition coefficient (Wildman–Crippen LogP) is 1.78. The molecule has 3 aromatic rings. The lowest BCUT2D eigenvalue weighted by Gasteiger charge is -2.22. The minimum absolute atomic E-state index is 0.0257. The van der Waals surface area contributed by atoms with Gasteiger partial charge in [-0.25, -0.2) is 18.2 Å². The van der Waals surface area contributed by atoms with Crippen LogP contribution in [0.25, 0.3) is 0 Å². The normalized spacial score (nSPS) is 11.3. The molecule has 124 valence electrons. The molecule has 2 heterocycles. The predicted molar refractivity (Wildman–Crippen MR) is 88.4 cm³/mol. The van der Waals surface area contributed by atoms with Crippen molar-refractivity contribution in [3.05, 3.63) is 53.8 Å². The molecule has 0 unspecified atom stereocenters. The van der Waals surface area contributed by atoms with Gasteiger partial charge in [0.05, 0.1) is 23.3 Å². The highest BCUT2D eigenvalue weighted by Crippen LogP contribution is 2.31. The summed E-state index contributed by atoms with van der Waals surface area (Å²) in [4.78, 5) is 16.9. The Bertz CT molecular complexity index is 937. The topological polar surface area (TPSA) is 122 Å².